The molecule has 5 unspecified atom stereocenters. The first kappa shape index (κ1) is 38.0. The zero-order valence-electron chi connectivity index (χ0n) is 30.1. The number of nitrogens with zero attached hydrogens (tertiary/aromatic N) is 1. The number of phenols is 5. The Morgan fingerprint density at radius 1 is 0.491 bits per heavy atom. The molecule has 0 bridgehead atoms. The lowest BCUT2D eigenvalue weighted by Gasteiger charge is -2.31. The SMILES string of the molecule is CC1N[P+]2(Oc3ccc(O)cc3)C(NP(Oc3ccccc3)(Oc3ccc(O)cc3)=N[P+]1(Oc1ccc(O)cc1)Oc1ccc(O)cc1)C2Oc1ccc(O)cc1. The summed E-state index contributed by atoms with van der Waals surface area (Å²) >= 11 is 0. The normalized spacial score (nSPS) is 23.3. The Kier molecular flexibility index (Phi) is 10.4. The maximum absolute atomic E-state index is 10.2. The molecular weight excluding hydrogens is 791 g/mol. The maximum atomic E-state index is 10.2. The van der Waals surface area contributed by atoms with E-state index in [0.717, 1.165) is 0 Å². The smallest absolute Gasteiger partial charge is 0.507 e. The van der Waals surface area contributed by atoms with Gasteiger partial charge >= 0.3 is 29.0 Å². The second kappa shape index (κ2) is 15.6. The van der Waals surface area contributed by atoms with Crippen LogP contribution in [0.1, 0.15) is 6.92 Å². The van der Waals surface area contributed by atoms with Gasteiger partial charge in [0, 0.05) is 4.52 Å². The number of hydrogen-bond acceptors (Lipinski definition) is 14. The summed E-state index contributed by atoms with van der Waals surface area (Å²) in [6.45, 7) is 1.84. The van der Waals surface area contributed by atoms with E-state index in [-0.39, 0.29) is 28.7 Å². The second-order valence-corrected chi connectivity index (χ2v) is 20.6. The number of benzene rings is 6. The van der Waals surface area contributed by atoms with E-state index in [2.05, 4.69) is 10.2 Å². The number of phenolic OH excluding ortho intramolecular Hbond substituents is 5. The zero-order valence-corrected chi connectivity index (χ0v) is 32.8. The number of ether oxygens (including phenoxy) is 1. The Morgan fingerprint density at radius 2 is 0.877 bits per heavy atom. The average molecular weight is 830 g/mol. The molecule has 0 saturated carbocycles. The molecule has 57 heavy (non-hydrogen) atoms. The molecule has 17 heteroatoms. The van der Waals surface area contributed by atoms with Gasteiger partial charge in [0.2, 0.25) is 5.78 Å². The number of nitrogens with one attached hydrogen (secondary N) is 2. The van der Waals surface area contributed by atoms with E-state index in [1.807, 2.05) is 25.1 Å². The fourth-order valence-corrected chi connectivity index (χ4v) is 16.6. The lowest BCUT2D eigenvalue weighted by Crippen LogP contribution is -2.36. The van der Waals surface area contributed by atoms with Gasteiger partial charge in [0.15, 0.2) is 17.2 Å². The Bertz CT molecular complexity index is 2310. The predicted molar refractivity (Wildman–Crippen MR) is 217 cm³/mol. The van der Waals surface area contributed by atoms with Crippen molar-refractivity contribution in [2.24, 2.45) is 4.52 Å². The van der Waals surface area contributed by atoms with Crippen molar-refractivity contribution in [3.05, 3.63) is 152 Å². The van der Waals surface area contributed by atoms with E-state index < -0.39 is 40.6 Å². The van der Waals surface area contributed by atoms with Crippen molar-refractivity contribution in [3.63, 3.8) is 0 Å². The van der Waals surface area contributed by atoms with Crippen molar-refractivity contribution in [1.29, 1.82) is 0 Å². The Balaban J connectivity index is 1.36. The van der Waals surface area contributed by atoms with E-state index in [1.54, 1.807) is 72.8 Å². The maximum Gasteiger partial charge on any atom is 0.507 e. The van der Waals surface area contributed by atoms with Crippen molar-refractivity contribution in [2.75, 3.05) is 0 Å². The van der Waals surface area contributed by atoms with Gasteiger partial charge in [0.25, 0.3) is 5.78 Å². The van der Waals surface area contributed by atoms with Crippen LogP contribution in [0.25, 0.3) is 0 Å². The minimum atomic E-state index is -3.95. The third kappa shape index (κ3) is 8.46. The van der Waals surface area contributed by atoms with Gasteiger partial charge < -0.3 is 43.8 Å². The molecule has 6 aromatic carbocycles. The molecule has 0 amide bonds. The zero-order chi connectivity index (χ0) is 39.6. The largest absolute Gasteiger partial charge is 0.508 e. The number of aromatic hydroxyl groups is 5. The van der Waals surface area contributed by atoms with Crippen LogP contribution < -0.4 is 37.5 Å². The van der Waals surface area contributed by atoms with Crippen LogP contribution in [-0.2, 0) is 0 Å². The molecule has 7 N–H and O–H groups in total. The van der Waals surface area contributed by atoms with Gasteiger partial charge in [-0.3, -0.25) is 9.05 Å². The molecule has 0 aromatic heterocycles. The van der Waals surface area contributed by atoms with Crippen LogP contribution in [0.2, 0.25) is 0 Å². The van der Waals surface area contributed by atoms with E-state index in [9.17, 15) is 25.5 Å². The molecule has 0 aliphatic carbocycles. The number of para-hydroxylation sites is 1. The van der Waals surface area contributed by atoms with Gasteiger partial charge in [0.05, 0.1) is 0 Å². The third-order valence-electron chi connectivity index (χ3n) is 8.76. The van der Waals surface area contributed by atoms with Crippen molar-refractivity contribution in [1.82, 2.24) is 10.2 Å². The highest BCUT2D eigenvalue weighted by atomic mass is 31.2. The molecule has 8 rings (SSSR count). The summed E-state index contributed by atoms with van der Waals surface area (Å²) in [4.78, 5) is 0. The molecule has 6 aromatic rings. The van der Waals surface area contributed by atoms with Crippen LogP contribution in [0.5, 0.6) is 63.2 Å². The summed E-state index contributed by atoms with van der Waals surface area (Å²) in [7, 11) is -10.9. The Labute approximate surface area is 329 Å². The van der Waals surface area contributed by atoms with E-state index in [4.69, 9.17) is 31.9 Å². The summed E-state index contributed by atoms with van der Waals surface area (Å²) in [5.74, 6) is 0.136. The molecule has 0 spiro atoms. The Hall–Kier alpha value is -5.87. The molecule has 292 valence electrons. The van der Waals surface area contributed by atoms with Crippen LogP contribution in [0.15, 0.2) is 156 Å². The van der Waals surface area contributed by atoms with E-state index in [1.165, 1.54) is 60.7 Å². The van der Waals surface area contributed by atoms with Gasteiger partial charge in [-0.1, -0.05) is 18.2 Å². The molecule has 0 radical (unpaired) electrons. The minimum absolute atomic E-state index is 0.0174. The second-order valence-electron chi connectivity index (χ2n) is 13.0. The quantitative estimate of drug-likeness (QED) is 0.0577. The molecule has 14 nitrogen and oxygen atoms in total. The Morgan fingerprint density at radius 3 is 1.33 bits per heavy atom. The van der Waals surface area contributed by atoms with Crippen LogP contribution in [-0.4, -0.2) is 42.9 Å². The molecule has 1 fully saturated rings. The van der Waals surface area contributed by atoms with Crippen LogP contribution >= 0.6 is 23.2 Å². The van der Waals surface area contributed by atoms with Crippen molar-refractivity contribution in [3.8, 4) is 63.2 Å². The number of fused-ring (bicyclic) bond motifs is 1. The van der Waals surface area contributed by atoms with Gasteiger partial charge in [-0.15, -0.1) is 5.09 Å². The first-order chi connectivity index (χ1) is 27.5. The highest BCUT2D eigenvalue weighted by molar-refractivity contribution is 7.81. The fraction of sp³-hybridized carbons (Fsp3) is 0.100. The number of rotatable bonds is 12. The summed E-state index contributed by atoms with van der Waals surface area (Å²) in [6, 6.07) is 40.0. The molecule has 2 heterocycles. The summed E-state index contributed by atoms with van der Waals surface area (Å²) in [6.07, 6.45) is 0. The fourth-order valence-electron chi connectivity index (χ4n) is 5.93. The third-order valence-corrected chi connectivity index (χ3v) is 18.0. The number of hydrogen-bond donors (Lipinski definition) is 7. The monoisotopic (exact) mass is 829 g/mol. The molecule has 2 aliphatic rings. The first-order valence-corrected chi connectivity index (χ1v) is 22.7. The van der Waals surface area contributed by atoms with Gasteiger partial charge in [-0.05, 0) is 140 Å². The van der Waals surface area contributed by atoms with Crippen molar-refractivity contribution >= 4 is 23.2 Å². The molecular formula is C40H38N3O11P3+2. The lowest BCUT2D eigenvalue weighted by atomic mass is 10.3. The summed E-state index contributed by atoms with van der Waals surface area (Å²) in [5, 5.41) is 58.1. The molecule has 5 atom stereocenters. The van der Waals surface area contributed by atoms with Crippen LogP contribution in [0.4, 0.5) is 0 Å². The first-order valence-electron chi connectivity index (χ1n) is 17.6. The predicted octanol–water partition coefficient (Wildman–Crippen LogP) is 9.75. The summed E-state index contributed by atoms with van der Waals surface area (Å²) < 4.78 is 46.6. The van der Waals surface area contributed by atoms with Crippen molar-refractivity contribution in [2.45, 2.75) is 24.3 Å². The van der Waals surface area contributed by atoms with Gasteiger partial charge in [-0.2, -0.15) is 5.09 Å². The molecule has 2 aliphatic heterocycles. The average Bonchev–Trinajstić information content (AvgIpc) is 3.75. The highest BCUT2D eigenvalue weighted by Crippen LogP contribution is 2.86. The highest BCUT2D eigenvalue weighted by Gasteiger charge is 2.87. The van der Waals surface area contributed by atoms with Crippen LogP contribution in [0, 0.1) is 0 Å². The van der Waals surface area contributed by atoms with E-state index in [0.29, 0.717) is 34.5 Å². The van der Waals surface area contributed by atoms with Crippen LogP contribution in [0.3, 0.4) is 0 Å². The standard InChI is InChI=1S/C40H36N3O11P3/c1-27-41-55(50-35-19-9-29(45)10-20-35)39(40(55)49-33-17-7-28(44)8-18-33)42-57(53-34-5-3-2-4-6-34,54-38-25-15-32(48)16-26-38)43-56(27,51-36-21-11-30(46)12-22-36)52-37-23-13-31(47)14-24-37/h2-27,39-42H,1H3,(H3-2,44,45,46,47,48)/p+2. The topological polar surface area (TPSA) is 193 Å². The van der Waals surface area contributed by atoms with Crippen molar-refractivity contribution < 1.29 is 52.9 Å². The van der Waals surface area contributed by atoms with Gasteiger partial charge in [0.1, 0.15) is 46.0 Å². The minimum Gasteiger partial charge on any atom is -0.508 e. The van der Waals surface area contributed by atoms with E-state index >= 15 is 0 Å². The molecule has 1 saturated heterocycles. The van der Waals surface area contributed by atoms with Gasteiger partial charge in [-0.25, -0.2) is 0 Å². The summed E-state index contributed by atoms with van der Waals surface area (Å²) in [5.41, 5.74) is 0. The lowest BCUT2D eigenvalue weighted by molar-refractivity contribution is 0.303.